The van der Waals surface area contributed by atoms with Crippen LogP contribution >= 0.6 is 11.8 Å². The van der Waals surface area contributed by atoms with Gasteiger partial charge in [-0.25, -0.2) is 9.97 Å². The highest BCUT2D eigenvalue weighted by atomic mass is 32.2. The molecule has 2 aliphatic heterocycles. The minimum atomic E-state index is -0.371. The molecule has 21 heavy (non-hydrogen) atoms. The second-order valence-corrected chi connectivity index (χ2v) is 5.74. The normalized spacial score (nSPS) is 21.5. The molecule has 2 fully saturated rings. The van der Waals surface area contributed by atoms with Crippen LogP contribution in [0.1, 0.15) is 12.1 Å². The van der Waals surface area contributed by atoms with Crippen molar-refractivity contribution in [1.82, 2.24) is 20.6 Å². The van der Waals surface area contributed by atoms with Crippen LogP contribution in [-0.2, 0) is 4.79 Å². The SMILES string of the molecule is O=C1NC(=O)C(=Cc2ccnc(N3CCCNCC3)n2)S1. The predicted octanol–water partition coefficient (Wildman–Crippen LogP) is 0.600. The molecular weight excluding hydrogens is 290 g/mol. The van der Waals surface area contributed by atoms with E-state index in [1.54, 1.807) is 18.3 Å². The summed E-state index contributed by atoms with van der Waals surface area (Å²) in [5.41, 5.74) is 0.629. The Morgan fingerprint density at radius 3 is 3.00 bits per heavy atom. The molecule has 0 unspecified atom stereocenters. The van der Waals surface area contributed by atoms with Gasteiger partial charge < -0.3 is 10.2 Å². The molecule has 0 atom stereocenters. The first kappa shape index (κ1) is 14.0. The standard InChI is InChI=1S/C13H15N5O2S/c19-11-10(21-13(20)17-11)8-9-2-4-15-12(16-9)18-6-1-3-14-5-7-18/h2,4,8,14H,1,3,5-7H2,(H,17,19,20). The molecule has 0 aliphatic carbocycles. The van der Waals surface area contributed by atoms with Crippen LogP contribution in [-0.4, -0.2) is 47.3 Å². The Bertz CT molecular complexity index is 596. The molecule has 1 aromatic heterocycles. The number of hydrogen-bond donors (Lipinski definition) is 2. The van der Waals surface area contributed by atoms with Crippen molar-refractivity contribution in [3.8, 4) is 0 Å². The third-order valence-corrected chi connectivity index (χ3v) is 4.02. The average Bonchev–Trinajstić information content (AvgIpc) is 2.70. The lowest BCUT2D eigenvalue weighted by Crippen LogP contribution is -2.29. The van der Waals surface area contributed by atoms with Gasteiger partial charge in [0, 0.05) is 25.8 Å². The van der Waals surface area contributed by atoms with Crippen molar-refractivity contribution in [2.45, 2.75) is 6.42 Å². The average molecular weight is 305 g/mol. The number of hydrogen-bond acceptors (Lipinski definition) is 7. The molecule has 2 N–H and O–H groups in total. The molecule has 110 valence electrons. The highest BCUT2D eigenvalue weighted by molar-refractivity contribution is 8.18. The van der Waals surface area contributed by atoms with Crippen molar-refractivity contribution >= 4 is 34.9 Å². The Hall–Kier alpha value is -1.93. The lowest BCUT2D eigenvalue weighted by atomic mass is 10.3. The Kier molecular flexibility index (Phi) is 4.16. The molecule has 0 saturated carbocycles. The quantitative estimate of drug-likeness (QED) is 0.774. The predicted molar refractivity (Wildman–Crippen MR) is 80.8 cm³/mol. The molecule has 3 heterocycles. The van der Waals surface area contributed by atoms with Crippen LogP contribution < -0.4 is 15.5 Å². The van der Waals surface area contributed by atoms with E-state index in [1.165, 1.54) is 0 Å². The molecule has 2 aliphatic rings. The van der Waals surface area contributed by atoms with Gasteiger partial charge in [-0.3, -0.25) is 14.9 Å². The van der Waals surface area contributed by atoms with E-state index in [0.29, 0.717) is 16.5 Å². The van der Waals surface area contributed by atoms with E-state index >= 15 is 0 Å². The van der Waals surface area contributed by atoms with Gasteiger partial charge in [-0.05, 0) is 36.9 Å². The highest BCUT2D eigenvalue weighted by Gasteiger charge is 2.25. The molecule has 2 saturated heterocycles. The maximum Gasteiger partial charge on any atom is 0.290 e. The van der Waals surface area contributed by atoms with Gasteiger partial charge in [-0.1, -0.05) is 0 Å². The summed E-state index contributed by atoms with van der Waals surface area (Å²) < 4.78 is 0. The number of nitrogens with zero attached hydrogens (tertiary/aromatic N) is 3. The Morgan fingerprint density at radius 2 is 2.19 bits per heavy atom. The van der Waals surface area contributed by atoms with Gasteiger partial charge in [0.25, 0.3) is 11.1 Å². The molecule has 3 rings (SSSR count). The van der Waals surface area contributed by atoms with Crippen molar-refractivity contribution in [2.24, 2.45) is 0 Å². The third kappa shape index (κ3) is 3.40. The maximum absolute atomic E-state index is 11.5. The van der Waals surface area contributed by atoms with E-state index in [2.05, 4.69) is 25.5 Å². The Morgan fingerprint density at radius 1 is 1.29 bits per heavy atom. The number of thioether (sulfide) groups is 1. The van der Waals surface area contributed by atoms with E-state index in [1.807, 2.05) is 0 Å². The minimum Gasteiger partial charge on any atom is -0.339 e. The van der Waals surface area contributed by atoms with E-state index < -0.39 is 0 Å². The zero-order chi connectivity index (χ0) is 14.7. The van der Waals surface area contributed by atoms with Gasteiger partial charge in [0.15, 0.2) is 0 Å². The molecule has 0 spiro atoms. The van der Waals surface area contributed by atoms with Crippen LogP contribution in [0, 0.1) is 0 Å². The zero-order valence-corrected chi connectivity index (χ0v) is 12.2. The Balaban J connectivity index is 1.81. The number of amides is 2. The van der Waals surface area contributed by atoms with Crippen molar-refractivity contribution in [2.75, 3.05) is 31.1 Å². The fraction of sp³-hybridized carbons (Fsp3) is 0.385. The summed E-state index contributed by atoms with van der Waals surface area (Å²) in [4.78, 5) is 33.9. The Labute approximate surface area is 126 Å². The van der Waals surface area contributed by atoms with Crippen molar-refractivity contribution in [3.05, 3.63) is 22.9 Å². The van der Waals surface area contributed by atoms with Gasteiger partial charge in [-0.15, -0.1) is 0 Å². The number of aromatic nitrogens is 2. The van der Waals surface area contributed by atoms with Crippen LogP contribution in [0.2, 0.25) is 0 Å². The first-order valence-corrected chi connectivity index (χ1v) is 7.57. The van der Waals surface area contributed by atoms with Crippen LogP contribution in [0.25, 0.3) is 6.08 Å². The van der Waals surface area contributed by atoms with E-state index in [-0.39, 0.29) is 11.1 Å². The second kappa shape index (κ2) is 6.23. The summed E-state index contributed by atoms with van der Waals surface area (Å²) >= 11 is 0.891. The van der Waals surface area contributed by atoms with Gasteiger partial charge in [-0.2, -0.15) is 0 Å². The van der Waals surface area contributed by atoms with Crippen LogP contribution in [0.15, 0.2) is 17.2 Å². The van der Waals surface area contributed by atoms with Crippen LogP contribution in [0.3, 0.4) is 0 Å². The molecule has 0 aromatic carbocycles. The first-order chi connectivity index (χ1) is 10.2. The van der Waals surface area contributed by atoms with Gasteiger partial charge in [0.1, 0.15) is 0 Å². The molecule has 0 bridgehead atoms. The van der Waals surface area contributed by atoms with Crippen molar-refractivity contribution < 1.29 is 9.59 Å². The molecule has 1 aromatic rings. The van der Waals surface area contributed by atoms with Crippen LogP contribution in [0.5, 0.6) is 0 Å². The fourth-order valence-corrected chi connectivity index (χ4v) is 2.86. The fourth-order valence-electron chi connectivity index (χ4n) is 2.20. The smallest absolute Gasteiger partial charge is 0.290 e. The number of carbonyl (C=O) groups excluding carboxylic acids is 2. The number of anilines is 1. The van der Waals surface area contributed by atoms with Crippen molar-refractivity contribution in [1.29, 1.82) is 0 Å². The minimum absolute atomic E-state index is 0.348. The second-order valence-electron chi connectivity index (χ2n) is 4.72. The van der Waals surface area contributed by atoms with Crippen LogP contribution in [0.4, 0.5) is 10.7 Å². The first-order valence-electron chi connectivity index (χ1n) is 6.76. The highest BCUT2D eigenvalue weighted by Crippen LogP contribution is 2.25. The lowest BCUT2D eigenvalue weighted by molar-refractivity contribution is -0.115. The summed E-state index contributed by atoms with van der Waals surface area (Å²) in [5, 5.41) is 5.21. The van der Waals surface area contributed by atoms with Gasteiger partial charge in [0.05, 0.1) is 10.6 Å². The molecule has 8 heteroatoms. The van der Waals surface area contributed by atoms with Gasteiger partial charge >= 0.3 is 0 Å². The number of imide groups is 1. The zero-order valence-electron chi connectivity index (χ0n) is 11.3. The largest absolute Gasteiger partial charge is 0.339 e. The van der Waals surface area contributed by atoms with E-state index in [0.717, 1.165) is 44.4 Å². The number of rotatable bonds is 2. The summed E-state index contributed by atoms with van der Waals surface area (Å²) in [6, 6.07) is 1.73. The molecule has 2 amide bonds. The third-order valence-electron chi connectivity index (χ3n) is 3.21. The van der Waals surface area contributed by atoms with E-state index in [4.69, 9.17) is 0 Å². The van der Waals surface area contributed by atoms with Gasteiger partial charge in [0.2, 0.25) is 5.95 Å². The number of carbonyl (C=O) groups is 2. The van der Waals surface area contributed by atoms with E-state index in [9.17, 15) is 9.59 Å². The summed E-state index contributed by atoms with van der Waals surface area (Å²) in [7, 11) is 0. The lowest BCUT2D eigenvalue weighted by Gasteiger charge is -2.19. The topological polar surface area (TPSA) is 87.2 Å². The summed E-state index contributed by atoms with van der Waals surface area (Å²) in [6.45, 7) is 3.66. The molecule has 7 nitrogen and oxygen atoms in total. The summed E-state index contributed by atoms with van der Waals surface area (Å²) in [6.07, 6.45) is 4.33. The monoisotopic (exact) mass is 305 g/mol. The summed E-state index contributed by atoms with van der Waals surface area (Å²) in [5.74, 6) is 0.284. The van der Waals surface area contributed by atoms with Crippen molar-refractivity contribution in [3.63, 3.8) is 0 Å². The maximum atomic E-state index is 11.5. The number of nitrogens with one attached hydrogen (secondary N) is 2. The molecule has 0 radical (unpaired) electrons. The molecular formula is C13H15N5O2S.